The number of aliphatic hydroxyl groups excluding tert-OH is 1. The summed E-state index contributed by atoms with van der Waals surface area (Å²) in [5, 5.41) is 9.11. The molecule has 0 aliphatic carbocycles. The zero-order valence-corrected chi connectivity index (χ0v) is 12.1. The molecule has 0 unspecified atom stereocenters. The van der Waals surface area contributed by atoms with Gasteiger partial charge >= 0.3 is 0 Å². The molecule has 0 radical (unpaired) electrons. The maximum atomic E-state index is 9.11. The van der Waals surface area contributed by atoms with Crippen LogP contribution in [0.25, 0.3) is 11.1 Å². The van der Waals surface area contributed by atoms with Crippen LogP contribution < -0.4 is 0 Å². The highest BCUT2D eigenvalue weighted by molar-refractivity contribution is 5.73. The number of hydrogen-bond acceptors (Lipinski definition) is 4. The van der Waals surface area contributed by atoms with E-state index in [1.165, 1.54) is 5.56 Å². The molecule has 2 aromatic rings. The number of aromatic nitrogens is 1. The van der Waals surface area contributed by atoms with Crippen molar-refractivity contribution in [1.29, 1.82) is 0 Å². The number of fused-ring (bicyclic) bond motifs is 1. The molecule has 19 heavy (non-hydrogen) atoms. The maximum absolute atomic E-state index is 9.11. The zero-order chi connectivity index (χ0) is 14.0. The number of aliphatic hydroxyl groups is 1. The minimum atomic E-state index is -0.0267. The van der Waals surface area contributed by atoms with Gasteiger partial charge in [0.15, 0.2) is 11.5 Å². The molecular weight excluding hydrogens is 240 g/mol. The van der Waals surface area contributed by atoms with Crippen molar-refractivity contribution >= 4 is 11.1 Å². The second-order valence-corrected chi connectivity index (χ2v) is 5.68. The molecule has 0 aliphatic heterocycles. The van der Waals surface area contributed by atoms with Crippen LogP contribution in [0.3, 0.4) is 0 Å². The summed E-state index contributed by atoms with van der Waals surface area (Å²) < 4.78 is 5.55. The lowest BCUT2D eigenvalue weighted by atomic mass is 9.98. The van der Waals surface area contributed by atoms with Gasteiger partial charge in [0.05, 0.1) is 0 Å². The van der Waals surface area contributed by atoms with E-state index in [-0.39, 0.29) is 12.1 Å². The summed E-state index contributed by atoms with van der Waals surface area (Å²) in [6.07, 6.45) is 0.757. The van der Waals surface area contributed by atoms with Gasteiger partial charge in [-0.05, 0) is 45.0 Å². The maximum Gasteiger partial charge on any atom is 0.192 e. The number of benzene rings is 1. The van der Waals surface area contributed by atoms with Gasteiger partial charge < -0.3 is 9.52 Å². The lowest BCUT2D eigenvalue weighted by Gasteiger charge is -2.35. The van der Waals surface area contributed by atoms with Gasteiger partial charge in [-0.25, -0.2) is 4.98 Å². The second kappa shape index (κ2) is 5.31. The third kappa shape index (κ3) is 3.14. The van der Waals surface area contributed by atoms with Gasteiger partial charge in [0.25, 0.3) is 0 Å². The summed E-state index contributed by atoms with van der Waals surface area (Å²) in [7, 11) is 2.07. The number of hydrogen-bond donors (Lipinski definition) is 1. The summed E-state index contributed by atoms with van der Waals surface area (Å²) in [5.41, 5.74) is 2.90. The standard InChI is InChI=1S/C15H22N2O2/c1-11-16-13-6-5-12(9-14(13)19-11)10-17(4)15(2,3)7-8-18/h5-6,9,18H,7-8,10H2,1-4H3. The van der Waals surface area contributed by atoms with Crippen LogP contribution in [-0.2, 0) is 6.54 Å². The van der Waals surface area contributed by atoms with E-state index in [2.05, 4.69) is 36.8 Å². The molecule has 0 amide bonds. The molecule has 0 bridgehead atoms. The summed E-state index contributed by atoms with van der Waals surface area (Å²) in [4.78, 5) is 6.54. The Hall–Kier alpha value is -1.39. The van der Waals surface area contributed by atoms with E-state index in [4.69, 9.17) is 9.52 Å². The van der Waals surface area contributed by atoms with Crippen molar-refractivity contribution in [3.63, 3.8) is 0 Å². The van der Waals surface area contributed by atoms with Gasteiger partial charge in [0, 0.05) is 25.6 Å². The molecule has 2 rings (SSSR count). The van der Waals surface area contributed by atoms with E-state index in [0.717, 1.165) is 24.1 Å². The predicted octanol–water partition coefficient (Wildman–Crippen LogP) is 2.73. The van der Waals surface area contributed by atoms with Crippen LogP contribution in [0.5, 0.6) is 0 Å². The molecule has 1 heterocycles. The fourth-order valence-electron chi connectivity index (χ4n) is 2.13. The molecule has 104 valence electrons. The van der Waals surface area contributed by atoms with Crippen molar-refractivity contribution in [3.8, 4) is 0 Å². The van der Waals surface area contributed by atoms with Gasteiger partial charge in [-0.15, -0.1) is 0 Å². The zero-order valence-electron chi connectivity index (χ0n) is 12.1. The molecule has 0 aliphatic rings. The summed E-state index contributed by atoms with van der Waals surface area (Å²) in [5.74, 6) is 0.695. The number of aryl methyl sites for hydroxylation is 1. The molecule has 4 nitrogen and oxygen atoms in total. The molecule has 0 atom stereocenters. The Bertz CT molecular complexity index is 560. The third-order valence-electron chi connectivity index (χ3n) is 3.74. The molecule has 1 aromatic carbocycles. The fourth-order valence-corrected chi connectivity index (χ4v) is 2.13. The average molecular weight is 262 g/mol. The van der Waals surface area contributed by atoms with Crippen molar-refractivity contribution in [3.05, 3.63) is 29.7 Å². The normalized spacial score (nSPS) is 12.5. The quantitative estimate of drug-likeness (QED) is 0.900. The molecule has 1 aromatic heterocycles. The van der Waals surface area contributed by atoms with Gasteiger partial charge in [0.2, 0.25) is 0 Å². The second-order valence-electron chi connectivity index (χ2n) is 5.68. The first-order valence-electron chi connectivity index (χ1n) is 6.60. The van der Waals surface area contributed by atoms with E-state index in [0.29, 0.717) is 5.89 Å². The first kappa shape index (κ1) is 14.0. The molecule has 1 N–H and O–H groups in total. The summed E-state index contributed by atoms with van der Waals surface area (Å²) >= 11 is 0. The molecule has 0 spiro atoms. The fraction of sp³-hybridized carbons (Fsp3) is 0.533. The molecular formula is C15H22N2O2. The number of nitrogens with zero attached hydrogens (tertiary/aromatic N) is 2. The van der Waals surface area contributed by atoms with Crippen LogP contribution >= 0.6 is 0 Å². The van der Waals surface area contributed by atoms with E-state index in [1.807, 2.05) is 19.1 Å². The average Bonchev–Trinajstić information content (AvgIpc) is 2.68. The van der Waals surface area contributed by atoms with Crippen molar-refractivity contribution in [2.75, 3.05) is 13.7 Å². The van der Waals surface area contributed by atoms with Crippen molar-refractivity contribution in [2.45, 2.75) is 39.3 Å². The van der Waals surface area contributed by atoms with Gasteiger partial charge in [-0.1, -0.05) is 6.07 Å². The minimum absolute atomic E-state index is 0.0267. The topological polar surface area (TPSA) is 49.5 Å². The number of rotatable bonds is 5. The van der Waals surface area contributed by atoms with Crippen LogP contribution in [0.15, 0.2) is 22.6 Å². The highest BCUT2D eigenvalue weighted by Crippen LogP contribution is 2.22. The van der Waals surface area contributed by atoms with Crippen LogP contribution in [0.4, 0.5) is 0 Å². The van der Waals surface area contributed by atoms with Crippen molar-refractivity contribution in [2.24, 2.45) is 0 Å². The number of oxazole rings is 1. The Morgan fingerprint density at radius 1 is 1.37 bits per heavy atom. The van der Waals surface area contributed by atoms with Crippen LogP contribution in [0, 0.1) is 6.92 Å². The Morgan fingerprint density at radius 2 is 2.11 bits per heavy atom. The summed E-state index contributed by atoms with van der Waals surface area (Å²) in [6.45, 7) is 7.16. The first-order valence-corrected chi connectivity index (χ1v) is 6.60. The summed E-state index contributed by atoms with van der Waals surface area (Å²) in [6, 6.07) is 6.12. The Morgan fingerprint density at radius 3 is 2.79 bits per heavy atom. The molecule has 4 heteroatoms. The third-order valence-corrected chi connectivity index (χ3v) is 3.74. The lowest BCUT2D eigenvalue weighted by molar-refractivity contribution is 0.110. The van der Waals surface area contributed by atoms with Gasteiger partial charge in [0.1, 0.15) is 5.52 Å². The largest absolute Gasteiger partial charge is 0.441 e. The Labute approximate surface area is 114 Å². The monoisotopic (exact) mass is 262 g/mol. The van der Waals surface area contributed by atoms with Crippen molar-refractivity contribution < 1.29 is 9.52 Å². The Kier molecular flexibility index (Phi) is 3.92. The highest BCUT2D eigenvalue weighted by atomic mass is 16.3. The minimum Gasteiger partial charge on any atom is -0.441 e. The molecule has 0 saturated carbocycles. The SMILES string of the molecule is Cc1nc2ccc(CN(C)C(C)(C)CCO)cc2o1. The van der Waals surface area contributed by atoms with Gasteiger partial charge in [-0.3, -0.25) is 4.90 Å². The Balaban J connectivity index is 2.16. The van der Waals surface area contributed by atoms with Crippen LogP contribution in [0.2, 0.25) is 0 Å². The molecule has 0 fully saturated rings. The van der Waals surface area contributed by atoms with E-state index >= 15 is 0 Å². The van der Waals surface area contributed by atoms with Crippen LogP contribution in [-0.4, -0.2) is 34.2 Å². The smallest absolute Gasteiger partial charge is 0.192 e. The highest BCUT2D eigenvalue weighted by Gasteiger charge is 2.22. The van der Waals surface area contributed by atoms with E-state index < -0.39 is 0 Å². The lowest BCUT2D eigenvalue weighted by Crippen LogP contribution is -2.41. The van der Waals surface area contributed by atoms with Crippen molar-refractivity contribution in [1.82, 2.24) is 9.88 Å². The van der Waals surface area contributed by atoms with Crippen LogP contribution in [0.1, 0.15) is 31.7 Å². The van der Waals surface area contributed by atoms with E-state index in [9.17, 15) is 0 Å². The van der Waals surface area contributed by atoms with E-state index in [1.54, 1.807) is 0 Å². The first-order chi connectivity index (χ1) is 8.92. The van der Waals surface area contributed by atoms with Gasteiger partial charge in [-0.2, -0.15) is 0 Å². The predicted molar refractivity (Wildman–Crippen MR) is 76.0 cm³/mol. The molecule has 0 saturated heterocycles.